The Hall–Kier alpha value is -4.49. The molecule has 0 bridgehead atoms. The number of pyridine rings is 1. The molecule has 0 aliphatic carbocycles. The molecule has 0 N–H and O–H groups in total. The lowest BCUT2D eigenvalue weighted by atomic mass is 10.1. The van der Waals surface area contributed by atoms with E-state index in [9.17, 15) is 14.9 Å². The largest absolute Gasteiger partial charge is 0.454 e. The minimum Gasteiger partial charge on any atom is -0.454 e. The Balaban J connectivity index is 1.45. The number of carbonyl (C=O) groups is 2. The zero-order chi connectivity index (χ0) is 25.6. The van der Waals surface area contributed by atoms with Crippen LogP contribution in [0.3, 0.4) is 0 Å². The fourth-order valence-corrected chi connectivity index (χ4v) is 5.18. The molecular formula is C26H22N6O3S. The molecule has 4 heterocycles. The lowest BCUT2D eigenvalue weighted by Gasteiger charge is -2.19. The predicted octanol–water partition coefficient (Wildman–Crippen LogP) is 4.05. The first kappa shape index (κ1) is 23.3. The summed E-state index contributed by atoms with van der Waals surface area (Å²) in [6.07, 6.45) is 0. The Morgan fingerprint density at radius 1 is 1.08 bits per heavy atom. The molecule has 3 aromatic heterocycles. The van der Waals surface area contributed by atoms with Gasteiger partial charge in [-0.25, -0.2) is 9.78 Å². The van der Waals surface area contributed by atoms with E-state index in [4.69, 9.17) is 4.74 Å². The predicted molar refractivity (Wildman–Crippen MR) is 138 cm³/mol. The van der Waals surface area contributed by atoms with E-state index in [0.717, 1.165) is 16.3 Å². The van der Waals surface area contributed by atoms with Crippen LogP contribution in [0.4, 0.5) is 11.4 Å². The number of ether oxygens (including phenoxy) is 1. The van der Waals surface area contributed by atoms with Gasteiger partial charge < -0.3 is 14.5 Å². The standard InChI is InChI=1S/C26H22N6O3S/c1-15-23-16(12-18(22-10-7-11-36-22)28-24(23)32(4)29-15)26(34)35-14-21(33)17(13-27)25-30(2)19-8-5-6-9-20(19)31(25)3/h5-12H,14H2,1-4H3. The van der Waals surface area contributed by atoms with Crippen LogP contribution in [-0.4, -0.2) is 47.2 Å². The molecule has 0 amide bonds. The second-order valence-corrected chi connectivity index (χ2v) is 9.30. The van der Waals surface area contributed by atoms with Gasteiger partial charge in [0.25, 0.3) is 0 Å². The van der Waals surface area contributed by atoms with Crippen molar-refractivity contribution < 1.29 is 14.3 Å². The molecule has 5 rings (SSSR count). The number of hydrogen-bond acceptors (Lipinski definition) is 9. The third-order valence-corrected chi connectivity index (χ3v) is 7.04. The maximum absolute atomic E-state index is 13.2. The smallest absolute Gasteiger partial charge is 0.339 e. The van der Waals surface area contributed by atoms with Crippen LogP contribution in [0.15, 0.2) is 59.2 Å². The summed E-state index contributed by atoms with van der Waals surface area (Å²) < 4.78 is 7.07. The number of benzene rings is 1. The average molecular weight is 499 g/mol. The summed E-state index contributed by atoms with van der Waals surface area (Å²) in [5.41, 5.74) is 3.73. The molecule has 180 valence electrons. The van der Waals surface area contributed by atoms with Crippen LogP contribution >= 0.6 is 11.3 Å². The van der Waals surface area contributed by atoms with Gasteiger partial charge in [-0.3, -0.25) is 9.48 Å². The fourth-order valence-electron chi connectivity index (χ4n) is 4.49. The molecular weight excluding hydrogens is 476 g/mol. The summed E-state index contributed by atoms with van der Waals surface area (Å²) in [7, 11) is 5.34. The number of fused-ring (bicyclic) bond motifs is 2. The molecule has 4 aromatic rings. The number of aryl methyl sites for hydroxylation is 2. The van der Waals surface area contributed by atoms with Crippen LogP contribution in [0.2, 0.25) is 0 Å². The normalized spacial score (nSPS) is 12.6. The van der Waals surface area contributed by atoms with Crippen molar-refractivity contribution in [3.8, 4) is 16.6 Å². The highest BCUT2D eigenvalue weighted by Crippen LogP contribution is 2.40. The van der Waals surface area contributed by atoms with Gasteiger partial charge in [-0.05, 0) is 36.6 Å². The number of para-hydroxylation sites is 2. The van der Waals surface area contributed by atoms with E-state index in [1.807, 2.05) is 47.8 Å². The van der Waals surface area contributed by atoms with Gasteiger partial charge >= 0.3 is 5.97 Å². The minimum absolute atomic E-state index is 0.0827. The zero-order valence-electron chi connectivity index (χ0n) is 20.1. The molecule has 0 saturated heterocycles. The number of esters is 1. The van der Waals surface area contributed by atoms with Crippen LogP contribution in [0, 0.1) is 18.3 Å². The van der Waals surface area contributed by atoms with Gasteiger partial charge in [-0.15, -0.1) is 11.3 Å². The highest BCUT2D eigenvalue weighted by Gasteiger charge is 2.32. The van der Waals surface area contributed by atoms with Crippen molar-refractivity contribution in [3.63, 3.8) is 0 Å². The third kappa shape index (κ3) is 3.70. The SMILES string of the molecule is Cc1nn(C)c2nc(-c3cccs3)cc(C(=O)OCC(=O)C(C#N)=C3N(C)c4ccccc4N3C)c12. The molecule has 1 aliphatic rings. The molecule has 36 heavy (non-hydrogen) atoms. The Morgan fingerprint density at radius 3 is 2.39 bits per heavy atom. The highest BCUT2D eigenvalue weighted by atomic mass is 32.1. The summed E-state index contributed by atoms with van der Waals surface area (Å²) in [5, 5.41) is 16.7. The maximum atomic E-state index is 13.2. The summed E-state index contributed by atoms with van der Waals surface area (Å²) >= 11 is 1.50. The Morgan fingerprint density at radius 2 is 1.78 bits per heavy atom. The summed E-state index contributed by atoms with van der Waals surface area (Å²) in [6, 6.07) is 15.1. The average Bonchev–Trinajstić information content (AvgIpc) is 3.58. The van der Waals surface area contributed by atoms with Crippen LogP contribution in [0.1, 0.15) is 16.1 Å². The second-order valence-electron chi connectivity index (χ2n) is 8.36. The molecule has 0 spiro atoms. The minimum atomic E-state index is -0.677. The van der Waals surface area contributed by atoms with Gasteiger partial charge in [0.1, 0.15) is 17.5 Å². The highest BCUT2D eigenvalue weighted by molar-refractivity contribution is 7.13. The van der Waals surface area contributed by atoms with Crippen molar-refractivity contribution in [2.24, 2.45) is 7.05 Å². The summed E-state index contributed by atoms with van der Waals surface area (Å²) in [4.78, 5) is 35.5. The number of nitriles is 1. The first-order valence-electron chi connectivity index (χ1n) is 11.1. The van der Waals surface area contributed by atoms with Crippen molar-refractivity contribution in [1.82, 2.24) is 14.8 Å². The van der Waals surface area contributed by atoms with Crippen molar-refractivity contribution in [1.29, 1.82) is 5.26 Å². The molecule has 0 fully saturated rings. The number of hydrogen-bond donors (Lipinski definition) is 0. The van der Waals surface area contributed by atoms with Crippen molar-refractivity contribution in [2.45, 2.75) is 6.92 Å². The monoisotopic (exact) mass is 498 g/mol. The maximum Gasteiger partial charge on any atom is 0.339 e. The first-order valence-corrected chi connectivity index (χ1v) is 12.0. The number of rotatable bonds is 5. The Kier molecular flexibility index (Phi) is 5.78. The van der Waals surface area contributed by atoms with Gasteiger partial charge in [-0.2, -0.15) is 10.4 Å². The Labute approximate surface area is 211 Å². The van der Waals surface area contributed by atoms with Gasteiger partial charge in [-0.1, -0.05) is 18.2 Å². The molecule has 0 unspecified atom stereocenters. The van der Waals surface area contributed by atoms with Gasteiger partial charge in [0, 0.05) is 21.1 Å². The number of nitrogens with zero attached hydrogens (tertiary/aromatic N) is 6. The topological polar surface area (TPSA) is 104 Å². The van der Waals surface area contributed by atoms with Crippen molar-refractivity contribution in [3.05, 3.63) is 70.5 Å². The van der Waals surface area contributed by atoms with E-state index < -0.39 is 18.4 Å². The summed E-state index contributed by atoms with van der Waals surface area (Å²) in [6.45, 7) is 1.22. The fraction of sp³-hybridized carbons (Fsp3) is 0.192. The number of ketones is 1. The quantitative estimate of drug-likeness (QED) is 0.231. The van der Waals surface area contributed by atoms with E-state index in [1.54, 1.807) is 48.6 Å². The second kappa shape index (κ2) is 8.94. The van der Waals surface area contributed by atoms with E-state index in [0.29, 0.717) is 28.2 Å². The zero-order valence-corrected chi connectivity index (χ0v) is 21.0. The number of Topliss-reactive ketones (excluding diaryl/α,β-unsaturated/α-hetero) is 1. The summed E-state index contributed by atoms with van der Waals surface area (Å²) in [5.74, 6) is -0.823. The molecule has 0 atom stereocenters. The molecule has 1 aliphatic heterocycles. The Bertz CT molecular complexity index is 1560. The van der Waals surface area contributed by atoms with Crippen LogP contribution in [0.25, 0.3) is 21.6 Å². The van der Waals surface area contributed by atoms with Gasteiger partial charge in [0.15, 0.2) is 12.3 Å². The first-order chi connectivity index (χ1) is 17.3. The molecule has 9 nitrogen and oxygen atoms in total. The van der Waals surface area contributed by atoms with E-state index >= 15 is 0 Å². The van der Waals surface area contributed by atoms with Crippen LogP contribution in [-0.2, 0) is 16.6 Å². The lowest BCUT2D eigenvalue weighted by Crippen LogP contribution is -2.28. The molecule has 0 saturated carbocycles. The van der Waals surface area contributed by atoms with E-state index in [-0.39, 0.29) is 11.1 Å². The van der Waals surface area contributed by atoms with E-state index in [1.165, 1.54) is 11.3 Å². The number of carbonyl (C=O) groups excluding carboxylic acids is 2. The van der Waals surface area contributed by atoms with E-state index in [2.05, 4.69) is 10.1 Å². The van der Waals surface area contributed by atoms with Crippen molar-refractivity contribution in [2.75, 3.05) is 30.5 Å². The van der Waals surface area contributed by atoms with Crippen molar-refractivity contribution >= 4 is 45.5 Å². The van der Waals surface area contributed by atoms with Crippen LogP contribution < -0.4 is 9.80 Å². The molecule has 10 heteroatoms. The lowest BCUT2D eigenvalue weighted by molar-refractivity contribution is -0.118. The van der Waals surface area contributed by atoms with Gasteiger partial charge in [0.05, 0.1) is 38.6 Å². The third-order valence-electron chi connectivity index (χ3n) is 6.15. The number of anilines is 2. The molecule has 0 radical (unpaired) electrons. The molecule has 1 aromatic carbocycles. The number of thiophene rings is 1. The van der Waals surface area contributed by atoms with Gasteiger partial charge in [0.2, 0.25) is 5.78 Å². The number of aromatic nitrogens is 3. The van der Waals surface area contributed by atoms with Crippen LogP contribution in [0.5, 0.6) is 0 Å².